The Kier molecular flexibility index (Phi) is 7.02. The number of nitrogens with zero attached hydrogens (tertiary/aromatic N) is 2. The van der Waals surface area contributed by atoms with E-state index >= 15 is 0 Å². The molecule has 162 valence electrons. The number of hydrazone groups is 1. The van der Waals surface area contributed by atoms with Gasteiger partial charge in [-0.15, -0.1) is 0 Å². The minimum Gasteiger partial charge on any atom is -0.477 e. The molecule has 1 amide bonds. The molecule has 0 radical (unpaired) electrons. The van der Waals surface area contributed by atoms with Crippen molar-refractivity contribution >= 4 is 17.8 Å². The Bertz CT molecular complexity index is 938. The van der Waals surface area contributed by atoms with Crippen molar-refractivity contribution in [2.75, 3.05) is 6.61 Å². The van der Waals surface area contributed by atoms with E-state index in [2.05, 4.69) is 45.1 Å². The van der Waals surface area contributed by atoms with Gasteiger partial charge in [0.05, 0.1) is 11.1 Å². The molecule has 0 spiro atoms. The Balaban J connectivity index is 2.05. The Hall–Kier alpha value is -3.16. The van der Waals surface area contributed by atoms with Gasteiger partial charge in [-0.05, 0) is 47.9 Å². The summed E-state index contributed by atoms with van der Waals surface area (Å²) in [6.45, 7) is 11.9. The number of nitro benzene ring substituents is 1. The minimum absolute atomic E-state index is 0.0381. The lowest BCUT2D eigenvalue weighted by Gasteiger charge is -2.33. The summed E-state index contributed by atoms with van der Waals surface area (Å²) in [5.74, 6) is 0.724. The van der Waals surface area contributed by atoms with Gasteiger partial charge in [-0.3, -0.25) is 14.9 Å². The lowest BCUT2D eigenvalue weighted by molar-refractivity contribution is -0.385. The second-order valence-corrected chi connectivity index (χ2v) is 9.09. The lowest BCUT2D eigenvalue weighted by atomic mass is 9.72. The summed E-state index contributed by atoms with van der Waals surface area (Å²) >= 11 is 0. The van der Waals surface area contributed by atoms with E-state index in [1.807, 2.05) is 6.07 Å². The van der Waals surface area contributed by atoms with Gasteiger partial charge < -0.3 is 9.15 Å². The van der Waals surface area contributed by atoms with Crippen molar-refractivity contribution in [1.29, 1.82) is 0 Å². The molecule has 8 nitrogen and oxygen atoms in total. The minimum atomic E-state index is -0.541. The highest BCUT2D eigenvalue weighted by Crippen LogP contribution is 2.39. The quantitative estimate of drug-likeness (QED) is 0.381. The first kappa shape index (κ1) is 23.1. The van der Waals surface area contributed by atoms with Gasteiger partial charge >= 0.3 is 5.69 Å². The van der Waals surface area contributed by atoms with Crippen LogP contribution in [0.1, 0.15) is 58.1 Å². The van der Waals surface area contributed by atoms with Crippen molar-refractivity contribution in [2.24, 2.45) is 10.5 Å². The van der Waals surface area contributed by atoms with Crippen LogP contribution in [-0.2, 0) is 10.2 Å². The zero-order valence-electron chi connectivity index (χ0n) is 18.3. The van der Waals surface area contributed by atoms with Gasteiger partial charge in [-0.25, -0.2) is 5.43 Å². The van der Waals surface area contributed by atoms with Gasteiger partial charge in [-0.2, -0.15) is 5.10 Å². The van der Waals surface area contributed by atoms with E-state index in [-0.39, 0.29) is 22.3 Å². The van der Waals surface area contributed by atoms with E-state index in [0.717, 1.165) is 17.7 Å². The fourth-order valence-corrected chi connectivity index (χ4v) is 3.50. The van der Waals surface area contributed by atoms with Crippen LogP contribution in [0.5, 0.6) is 5.75 Å². The monoisotopic (exact) mass is 415 g/mol. The van der Waals surface area contributed by atoms with E-state index in [0.29, 0.717) is 5.76 Å². The first-order valence-corrected chi connectivity index (χ1v) is 9.67. The topological polar surface area (TPSA) is 107 Å². The van der Waals surface area contributed by atoms with Crippen molar-refractivity contribution < 1.29 is 18.9 Å². The zero-order valence-corrected chi connectivity index (χ0v) is 18.3. The molecule has 0 aliphatic rings. The summed E-state index contributed by atoms with van der Waals surface area (Å²) in [5, 5.41) is 15.3. The van der Waals surface area contributed by atoms with Crippen LogP contribution < -0.4 is 10.2 Å². The standard InChI is InChI=1S/C22H29N3O5/c1-15-7-9-17(30-15)12-23-24-20(26)13-29-19-10-8-16(11-18(19)25(27)28)22(5,6)14-21(2,3)4/h7-12H,13-14H2,1-6H3,(H,24,26)/b23-12+. The summed E-state index contributed by atoms with van der Waals surface area (Å²) in [7, 11) is 0. The third-order valence-corrected chi connectivity index (χ3v) is 4.41. The second-order valence-electron chi connectivity index (χ2n) is 9.09. The van der Waals surface area contributed by atoms with Gasteiger partial charge in [0.2, 0.25) is 0 Å². The zero-order chi connectivity index (χ0) is 22.5. The average molecular weight is 415 g/mol. The molecule has 8 heteroatoms. The fraction of sp³-hybridized carbons (Fsp3) is 0.455. The molecular formula is C22H29N3O5. The summed E-state index contributed by atoms with van der Waals surface area (Å²) < 4.78 is 10.7. The number of hydrogen-bond donors (Lipinski definition) is 1. The average Bonchev–Trinajstić information content (AvgIpc) is 3.03. The molecule has 1 heterocycles. The Morgan fingerprint density at radius 3 is 2.50 bits per heavy atom. The van der Waals surface area contributed by atoms with Crippen LogP contribution in [0.25, 0.3) is 0 Å². The van der Waals surface area contributed by atoms with Gasteiger partial charge in [-0.1, -0.05) is 40.7 Å². The van der Waals surface area contributed by atoms with Crippen LogP contribution in [0.15, 0.2) is 39.9 Å². The number of aryl methyl sites for hydroxylation is 1. The smallest absolute Gasteiger partial charge is 0.311 e. The number of nitrogens with one attached hydrogen (secondary N) is 1. The van der Waals surface area contributed by atoms with E-state index < -0.39 is 17.4 Å². The number of benzene rings is 1. The van der Waals surface area contributed by atoms with Crippen LogP contribution in [-0.4, -0.2) is 23.7 Å². The van der Waals surface area contributed by atoms with E-state index in [4.69, 9.17) is 9.15 Å². The number of carbonyl (C=O) groups is 1. The summed E-state index contributed by atoms with van der Waals surface area (Å²) in [5.41, 5.74) is 2.79. The number of furan rings is 1. The van der Waals surface area contributed by atoms with E-state index in [1.54, 1.807) is 25.1 Å². The summed E-state index contributed by atoms with van der Waals surface area (Å²) in [4.78, 5) is 23.0. The summed E-state index contributed by atoms with van der Waals surface area (Å²) in [6.07, 6.45) is 2.21. The molecule has 2 aromatic rings. The van der Waals surface area contributed by atoms with Crippen molar-refractivity contribution in [1.82, 2.24) is 5.43 Å². The normalized spacial score (nSPS) is 12.2. The highest BCUT2D eigenvalue weighted by atomic mass is 16.6. The van der Waals surface area contributed by atoms with Crippen LogP contribution in [0, 0.1) is 22.5 Å². The molecule has 0 fully saturated rings. The molecule has 0 atom stereocenters. The van der Waals surface area contributed by atoms with E-state index in [1.165, 1.54) is 12.3 Å². The highest BCUT2D eigenvalue weighted by molar-refractivity contribution is 5.81. The highest BCUT2D eigenvalue weighted by Gasteiger charge is 2.29. The third kappa shape index (κ3) is 6.72. The third-order valence-electron chi connectivity index (χ3n) is 4.41. The van der Waals surface area contributed by atoms with Gasteiger partial charge in [0.25, 0.3) is 5.91 Å². The van der Waals surface area contributed by atoms with Gasteiger partial charge in [0, 0.05) is 6.07 Å². The molecule has 30 heavy (non-hydrogen) atoms. The predicted molar refractivity (Wildman–Crippen MR) is 115 cm³/mol. The number of rotatable bonds is 8. The second kappa shape index (κ2) is 9.11. The maximum Gasteiger partial charge on any atom is 0.311 e. The molecular weight excluding hydrogens is 386 g/mol. The maximum absolute atomic E-state index is 11.9. The molecule has 0 saturated carbocycles. The maximum atomic E-state index is 11.9. The van der Waals surface area contributed by atoms with Crippen LogP contribution in [0.4, 0.5) is 5.69 Å². The Morgan fingerprint density at radius 1 is 1.23 bits per heavy atom. The number of ether oxygens (including phenoxy) is 1. The molecule has 1 N–H and O–H groups in total. The molecule has 2 rings (SSSR count). The lowest BCUT2D eigenvalue weighted by Crippen LogP contribution is -2.26. The number of carbonyl (C=O) groups excluding carboxylic acids is 1. The molecule has 0 unspecified atom stereocenters. The first-order valence-electron chi connectivity index (χ1n) is 9.67. The molecule has 0 saturated heterocycles. The molecule has 0 aliphatic carbocycles. The Morgan fingerprint density at radius 2 is 1.93 bits per heavy atom. The van der Waals surface area contributed by atoms with Crippen molar-refractivity contribution in [3.05, 3.63) is 57.5 Å². The van der Waals surface area contributed by atoms with Gasteiger partial charge in [0.15, 0.2) is 12.4 Å². The van der Waals surface area contributed by atoms with Gasteiger partial charge in [0.1, 0.15) is 11.5 Å². The van der Waals surface area contributed by atoms with E-state index in [9.17, 15) is 14.9 Å². The molecule has 1 aromatic heterocycles. The van der Waals surface area contributed by atoms with Crippen molar-refractivity contribution in [3.63, 3.8) is 0 Å². The predicted octanol–water partition coefficient (Wildman–Crippen LogP) is 4.74. The van der Waals surface area contributed by atoms with Crippen LogP contribution in [0.3, 0.4) is 0 Å². The molecule has 0 bridgehead atoms. The van der Waals surface area contributed by atoms with Crippen molar-refractivity contribution in [2.45, 2.75) is 53.4 Å². The first-order chi connectivity index (χ1) is 13.9. The fourth-order valence-electron chi connectivity index (χ4n) is 3.50. The van der Waals surface area contributed by atoms with Crippen LogP contribution in [0.2, 0.25) is 0 Å². The molecule has 0 aliphatic heterocycles. The Labute approximate surface area is 176 Å². The largest absolute Gasteiger partial charge is 0.477 e. The number of amides is 1. The van der Waals surface area contributed by atoms with Crippen molar-refractivity contribution in [3.8, 4) is 5.75 Å². The summed E-state index contributed by atoms with van der Waals surface area (Å²) in [6, 6.07) is 8.37. The molecule has 1 aromatic carbocycles. The number of hydrogen-bond acceptors (Lipinski definition) is 6. The SMILES string of the molecule is Cc1ccc(/C=N/NC(=O)COc2ccc(C(C)(C)CC(C)(C)C)cc2[N+](=O)[O-])o1. The van der Waals surface area contributed by atoms with Crippen LogP contribution >= 0.6 is 0 Å². The number of nitro groups is 1.